The highest BCUT2D eigenvalue weighted by molar-refractivity contribution is 9.11. The highest BCUT2D eigenvalue weighted by Gasteiger charge is 2.13. The molecule has 0 saturated carbocycles. The zero-order valence-electron chi connectivity index (χ0n) is 11.2. The van der Waals surface area contributed by atoms with Crippen molar-refractivity contribution >= 4 is 54.6 Å². The number of nitrogens with one attached hydrogen (secondary N) is 1. The van der Waals surface area contributed by atoms with E-state index in [1.165, 1.54) is 4.57 Å². The standard InChI is InChI=1S/C15H10Br2N2O3/c16-9-5-6-11(10(17)7-9)18-14(20)8-19-12-3-1-2-4-13(12)22-15(19)21/h1-7H,8H2,(H,18,20). The van der Waals surface area contributed by atoms with E-state index in [0.29, 0.717) is 16.8 Å². The van der Waals surface area contributed by atoms with Crippen molar-refractivity contribution in [3.05, 3.63) is 62.0 Å². The number of amides is 1. The molecule has 7 heteroatoms. The minimum absolute atomic E-state index is 0.113. The third kappa shape index (κ3) is 3.00. The van der Waals surface area contributed by atoms with Gasteiger partial charge >= 0.3 is 5.76 Å². The molecule has 0 spiro atoms. The molecule has 0 aliphatic heterocycles. The molecule has 0 unspecified atom stereocenters. The Bertz CT molecular complexity index is 915. The Balaban J connectivity index is 1.84. The summed E-state index contributed by atoms with van der Waals surface area (Å²) in [6.07, 6.45) is 0. The van der Waals surface area contributed by atoms with E-state index >= 15 is 0 Å². The van der Waals surface area contributed by atoms with Gasteiger partial charge in [-0.1, -0.05) is 28.1 Å². The number of nitrogens with zero attached hydrogens (tertiary/aromatic N) is 1. The molecule has 3 aromatic rings. The first-order chi connectivity index (χ1) is 10.5. The van der Waals surface area contributed by atoms with Crippen LogP contribution in [0.5, 0.6) is 0 Å². The van der Waals surface area contributed by atoms with Gasteiger partial charge in [-0.25, -0.2) is 4.79 Å². The van der Waals surface area contributed by atoms with Crippen LogP contribution < -0.4 is 11.1 Å². The molecule has 1 heterocycles. The van der Waals surface area contributed by atoms with Gasteiger partial charge in [0.2, 0.25) is 5.91 Å². The van der Waals surface area contributed by atoms with Crippen molar-refractivity contribution in [2.75, 3.05) is 5.32 Å². The number of para-hydroxylation sites is 2. The monoisotopic (exact) mass is 424 g/mol. The van der Waals surface area contributed by atoms with E-state index in [1.807, 2.05) is 12.1 Å². The SMILES string of the molecule is O=C(Cn1c(=O)oc2ccccc21)Nc1ccc(Br)cc1Br. The summed E-state index contributed by atoms with van der Waals surface area (Å²) in [7, 11) is 0. The van der Waals surface area contributed by atoms with Crippen molar-refractivity contribution in [3.63, 3.8) is 0 Å². The van der Waals surface area contributed by atoms with Crippen LogP contribution in [-0.4, -0.2) is 10.5 Å². The van der Waals surface area contributed by atoms with Crippen molar-refractivity contribution < 1.29 is 9.21 Å². The van der Waals surface area contributed by atoms with E-state index in [9.17, 15) is 9.59 Å². The molecule has 0 saturated heterocycles. The van der Waals surface area contributed by atoms with Crippen LogP contribution in [-0.2, 0) is 11.3 Å². The Kier molecular flexibility index (Phi) is 4.17. The smallest absolute Gasteiger partial charge is 0.408 e. The topological polar surface area (TPSA) is 64.2 Å². The van der Waals surface area contributed by atoms with Crippen LogP contribution in [0.4, 0.5) is 5.69 Å². The van der Waals surface area contributed by atoms with Crippen LogP contribution in [0.2, 0.25) is 0 Å². The number of oxazole rings is 1. The second-order valence-electron chi connectivity index (χ2n) is 4.59. The summed E-state index contributed by atoms with van der Waals surface area (Å²) in [6.45, 7) is -0.113. The first-order valence-corrected chi connectivity index (χ1v) is 7.96. The molecule has 3 rings (SSSR count). The number of aromatic nitrogens is 1. The van der Waals surface area contributed by atoms with E-state index < -0.39 is 5.76 Å². The Morgan fingerprint density at radius 2 is 1.95 bits per heavy atom. The number of carbonyl (C=O) groups excluding carboxylic acids is 1. The molecule has 1 amide bonds. The quantitative estimate of drug-likeness (QED) is 0.694. The van der Waals surface area contributed by atoms with E-state index in [0.717, 1.165) is 8.95 Å². The van der Waals surface area contributed by atoms with E-state index in [1.54, 1.807) is 30.3 Å². The van der Waals surface area contributed by atoms with Crippen molar-refractivity contribution in [1.29, 1.82) is 0 Å². The molecule has 2 aromatic carbocycles. The zero-order valence-corrected chi connectivity index (χ0v) is 14.3. The van der Waals surface area contributed by atoms with E-state index in [-0.39, 0.29) is 12.5 Å². The third-order valence-corrected chi connectivity index (χ3v) is 4.23. The maximum absolute atomic E-state index is 12.2. The molecule has 1 N–H and O–H groups in total. The number of fused-ring (bicyclic) bond motifs is 1. The first-order valence-electron chi connectivity index (χ1n) is 6.38. The summed E-state index contributed by atoms with van der Waals surface area (Å²) in [4.78, 5) is 24.0. The molecule has 5 nitrogen and oxygen atoms in total. The Morgan fingerprint density at radius 1 is 1.18 bits per heavy atom. The number of carbonyl (C=O) groups is 1. The van der Waals surface area contributed by atoms with Crippen LogP contribution in [0, 0.1) is 0 Å². The average Bonchev–Trinajstić information content (AvgIpc) is 2.78. The fourth-order valence-electron chi connectivity index (χ4n) is 2.09. The normalized spacial score (nSPS) is 10.8. The van der Waals surface area contributed by atoms with Crippen LogP contribution in [0.25, 0.3) is 11.1 Å². The molecule has 0 bridgehead atoms. The molecule has 0 radical (unpaired) electrons. The van der Waals surface area contributed by atoms with Crippen molar-refractivity contribution in [2.45, 2.75) is 6.54 Å². The molecule has 22 heavy (non-hydrogen) atoms. The van der Waals surface area contributed by atoms with Crippen molar-refractivity contribution in [1.82, 2.24) is 4.57 Å². The van der Waals surface area contributed by atoms with Crippen LogP contribution in [0.15, 0.2) is 60.6 Å². The summed E-state index contributed by atoms with van der Waals surface area (Å²) < 4.78 is 8.05. The van der Waals surface area contributed by atoms with Gasteiger partial charge < -0.3 is 9.73 Å². The minimum Gasteiger partial charge on any atom is -0.408 e. The van der Waals surface area contributed by atoms with Crippen LogP contribution in [0.3, 0.4) is 0 Å². The van der Waals surface area contributed by atoms with Crippen molar-refractivity contribution in [2.24, 2.45) is 0 Å². The third-order valence-electron chi connectivity index (χ3n) is 3.08. The number of anilines is 1. The van der Waals surface area contributed by atoms with Gasteiger partial charge in [-0.3, -0.25) is 9.36 Å². The summed E-state index contributed by atoms with van der Waals surface area (Å²) in [6, 6.07) is 12.4. The maximum atomic E-state index is 12.2. The van der Waals surface area contributed by atoms with Crippen LogP contribution in [0.1, 0.15) is 0 Å². The van der Waals surface area contributed by atoms with Gasteiger partial charge in [0, 0.05) is 8.95 Å². The second-order valence-corrected chi connectivity index (χ2v) is 6.36. The largest absolute Gasteiger partial charge is 0.420 e. The van der Waals surface area contributed by atoms with Gasteiger partial charge in [-0.05, 0) is 46.3 Å². The molecule has 0 fully saturated rings. The molecule has 0 aliphatic rings. The predicted octanol–water partition coefficient (Wildman–Crippen LogP) is 3.76. The molecule has 0 aliphatic carbocycles. The number of hydrogen-bond acceptors (Lipinski definition) is 3. The van der Waals surface area contributed by atoms with Gasteiger partial charge in [-0.15, -0.1) is 0 Å². The highest BCUT2D eigenvalue weighted by Crippen LogP contribution is 2.26. The molecule has 0 atom stereocenters. The van der Waals surface area contributed by atoms with Gasteiger partial charge in [0.25, 0.3) is 0 Å². The van der Waals surface area contributed by atoms with Crippen molar-refractivity contribution in [3.8, 4) is 0 Å². The van der Waals surface area contributed by atoms with E-state index in [2.05, 4.69) is 37.2 Å². The maximum Gasteiger partial charge on any atom is 0.420 e. The van der Waals surface area contributed by atoms with Gasteiger partial charge in [0.05, 0.1) is 11.2 Å². The van der Waals surface area contributed by atoms with Crippen LogP contribution >= 0.6 is 31.9 Å². The lowest BCUT2D eigenvalue weighted by molar-refractivity contribution is -0.116. The molecular formula is C15H10Br2N2O3. The number of rotatable bonds is 3. The Labute approximate surface area is 142 Å². The molecule has 1 aromatic heterocycles. The lowest BCUT2D eigenvalue weighted by Gasteiger charge is -2.08. The predicted molar refractivity (Wildman–Crippen MR) is 90.9 cm³/mol. The summed E-state index contributed by atoms with van der Waals surface area (Å²) >= 11 is 6.72. The Hall–Kier alpha value is -1.86. The summed E-state index contributed by atoms with van der Waals surface area (Å²) in [5.41, 5.74) is 1.69. The van der Waals surface area contributed by atoms with Gasteiger partial charge in [0.1, 0.15) is 6.54 Å². The highest BCUT2D eigenvalue weighted by atomic mass is 79.9. The first kappa shape index (κ1) is 15.1. The zero-order chi connectivity index (χ0) is 15.7. The number of hydrogen-bond donors (Lipinski definition) is 1. The van der Waals surface area contributed by atoms with Gasteiger partial charge in [0.15, 0.2) is 5.58 Å². The molecular weight excluding hydrogens is 416 g/mol. The van der Waals surface area contributed by atoms with Gasteiger partial charge in [-0.2, -0.15) is 0 Å². The fourth-order valence-corrected chi connectivity index (χ4v) is 3.23. The Morgan fingerprint density at radius 3 is 2.73 bits per heavy atom. The fraction of sp³-hybridized carbons (Fsp3) is 0.0667. The van der Waals surface area contributed by atoms with E-state index in [4.69, 9.17) is 4.42 Å². The minimum atomic E-state index is -0.550. The number of benzene rings is 2. The number of halogens is 2. The lowest BCUT2D eigenvalue weighted by Crippen LogP contribution is -2.24. The summed E-state index contributed by atoms with van der Waals surface area (Å²) in [5.74, 6) is -0.858. The second kappa shape index (κ2) is 6.10. The molecule has 112 valence electrons. The summed E-state index contributed by atoms with van der Waals surface area (Å²) in [5, 5.41) is 2.76. The lowest BCUT2D eigenvalue weighted by atomic mass is 10.3. The average molecular weight is 426 g/mol.